The summed E-state index contributed by atoms with van der Waals surface area (Å²) in [5, 5.41) is 3.57. The van der Waals surface area contributed by atoms with Crippen LogP contribution in [0.4, 0.5) is 11.4 Å². The average Bonchev–Trinajstić information content (AvgIpc) is 2.94. The molecule has 0 aromatic heterocycles. The van der Waals surface area contributed by atoms with Crippen LogP contribution < -0.4 is 21.7 Å². The van der Waals surface area contributed by atoms with E-state index in [1.54, 1.807) is 0 Å². The molecule has 0 spiro atoms. The Kier molecular flexibility index (Phi) is 4.66. The predicted molar refractivity (Wildman–Crippen MR) is 89.7 cm³/mol. The summed E-state index contributed by atoms with van der Waals surface area (Å²) in [6.45, 7) is 3.13. The van der Waals surface area contributed by atoms with E-state index in [4.69, 9.17) is 11.5 Å². The van der Waals surface area contributed by atoms with Crippen LogP contribution in [0.2, 0.25) is 0 Å². The van der Waals surface area contributed by atoms with E-state index < -0.39 is 0 Å². The van der Waals surface area contributed by atoms with Crippen molar-refractivity contribution in [1.82, 2.24) is 0 Å². The van der Waals surface area contributed by atoms with Gasteiger partial charge >= 0.3 is 0 Å². The van der Waals surface area contributed by atoms with Crippen LogP contribution in [0.3, 0.4) is 0 Å². The second kappa shape index (κ2) is 6.67. The Morgan fingerprint density at radius 3 is 2.29 bits per heavy atom. The van der Waals surface area contributed by atoms with E-state index in [-0.39, 0.29) is 0 Å². The van der Waals surface area contributed by atoms with Crippen molar-refractivity contribution in [2.75, 3.05) is 29.9 Å². The maximum atomic E-state index is 5.97. The van der Waals surface area contributed by atoms with E-state index in [0.29, 0.717) is 12.1 Å². The minimum absolute atomic E-state index is 0.334. The Bertz CT molecular complexity index is 437. The first kappa shape index (κ1) is 14.7. The maximum Gasteiger partial charge on any atom is 0.0368 e. The second-order valence-electron chi connectivity index (χ2n) is 6.70. The Balaban J connectivity index is 1.48. The SMILES string of the molecule is NC1CCN(c2ccc(NC[C@H]3CC[C@H](N)CC3)cc2)C1. The molecule has 0 radical (unpaired) electrons. The molecule has 1 saturated carbocycles. The molecular weight excluding hydrogens is 260 g/mol. The fraction of sp³-hybridized carbons (Fsp3) is 0.647. The fourth-order valence-corrected chi connectivity index (χ4v) is 3.47. The van der Waals surface area contributed by atoms with Gasteiger partial charge in [0.2, 0.25) is 0 Å². The van der Waals surface area contributed by atoms with Crippen molar-refractivity contribution in [1.29, 1.82) is 0 Å². The van der Waals surface area contributed by atoms with Gasteiger partial charge < -0.3 is 21.7 Å². The molecule has 1 unspecified atom stereocenters. The van der Waals surface area contributed by atoms with Crippen molar-refractivity contribution in [3.63, 3.8) is 0 Å². The van der Waals surface area contributed by atoms with Crippen LogP contribution in [0.15, 0.2) is 24.3 Å². The van der Waals surface area contributed by atoms with Crippen molar-refractivity contribution in [3.8, 4) is 0 Å². The summed E-state index contributed by atoms with van der Waals surface area (Å²) in [7, 11) is 0. The van der Waals surface area contributed by atoms with Crippen molar-refractivity contribution < 1.29 is 0 Å². The first-order valence-electron chi connectivity index (χ1n) is 8.31. The first-order chi connectivity index (χ1) is 10.2. The highest BCUT2D eigenvalue weighted by molar-refractivity contribution is 5.55. The van der Waals surface area contributed by atoms with Crippen molar-refractivity contribution in [2.24, 2.45) is 17.4 Å². The lowest BCUT2D eigenvalue weighted by atomic mass is 9.86. The van der Waals surface area contributed by atoms with Gasteiger partial charge in [-0.2, -0.15) is 0 Å². The summed E-state index contributed by atoms with van der Waals surface area (Å²) in [6.07, 6.45) is 5.99. The zero-order valence-corrected chi connectivity index (χ0v) is 12.8. The monoisotopic (exact) mass is 288 g/mol. The summed E-state index contributed by atoms with van der Waals surface area (Å²) in [5.74, 6) is 0.779. The predicted octanol–water partition coefficient (Wildman–Crippen LogP) is 2.15. The zero-order chi connectivity index (χ0) is 14.7. The summed E-state index contributed by atoms with van der Waals surface area (Å²) < 4.78 is 0. The topological polar surface area (TPSA) is 67.3 Å². The molecule has 1 saturated heterocycles. The quantitative estimate of drug-likeness (QED) is 0.794. The minimum atomic E-state index is 0.334. The number of hydrogen-bond donors (Lipinski definition) is 3. The maximum absolute atomic E-state index is 5.97. The van der Waals surface area contributed by atoms with Crippen LogP contribution in [0.1, 0.15) is 32.1 Å². The number of nitrogens with two attached hydrogens (primary N) is 2. The molecule has 1 atom stereocenters. The number of nitrogens with one attached hydrogen (secondary N) is 1. The smallest absolute Gasteiger partial charge is 0.0368 e. The van der Waals surface area contributed by atoms with Gasteiger partial charge in [0.05, 0.1) is 0 Å². The Hall–Kier alpha value is -1.26. The fourth-order valence-electron chi connectivity index (χ4n) is 3.47. The van der Waals surface area contributed by atoms with Crippen LogP contribution in [-0.4, -0.2) is 31.7 Å². The highest BCUT2D eigenvalue weighted by atomic mass is 15.2. The first-order valence-corrected chi connectivity index (χ1v) is 8.31. The third-order valence-electron chi connectivity index (χ3n) is 4.94. The molecule has 0 bridgehead atoms. The van der Waals surface area contributed by atoms with Gasteiger partial charge in [0.15, 0.2) is 0 Å². The molecule has 0 amide bonds. The van der Waals surface area contributed by atoms with Gasteiger partial charge in [-0.25, -0.2) is 0 Å². The van der Waals surface area contributed by atoms with E-state index >= 15 is 0 Å². The molecule has 1 aliphatic heterocycles. The number of rotatable bonds is 4. The van der Waals surface area contributed by atoms with E-state index in [1.807, 2.05) is 0 Å². The van der Waals surface area contributed by atoms with E-state index in [0.717, 1.165) is 32.0 Å². The minimum Gasteiger partial charge on any atom is -0.385 e. The molecule has 1 aliphatic carbocycles. The highest BCUT2D eigenvalue weighted by Crippen LogP contribution is 2.25. The number of anilines is 2. The lowest BCUT2D eigenvalue weighted by Crippen LogP contribution is -2.29. The van der Waals surface area contributed by atoms with Gasteiger partial charge in [-0.1, -0.05) is 0 Å². The van der Waals surface area contributed by atoms with Crippen LogP contribution >= 0.6 is 0 Å². The summed E-state index contributed by atoms with van der Waals surface area (Å²) in [4.78, 5) is 2.37. The lowest BCUT2D eigenvalue weighted by Gasteiger charge is -2.26. The van der Waals surface area contributed by atoms with E-state index in [2.05, 4.69) is 34.5 Å². The molecule has 116 valence electrons. The molecule has 1 aromatic carbocycles. The molecule has 5 N–H and O–H groups in total. The Morgan fingerprint density at radius 2 is 1.67 bits per heavy atom. The van der Waals surface area contributed by atoms with Crippen molar-refractivity contribution in [2.45, 2.75) is 44.2 Å². The molecule has 2 aliphatic rings. The van der Waals surface area contributed by atoms with Gasteiger partial charge in [0.25, 0.3) is 0 Å². The number of hydrogen-bond acceptors (Lipinski definition) is 4. The molecule has 1 heterocycles. The van der Waals surface area contributed by atoms with Crippen LogP contribution in [0, 0.1) is 5.92 Å². The molecule has 4 nitrogen and oxygen atoms in total. The van der Waals surface area contributed by atoms with Crippen molar-refractivity contribution in [3.05, 3.63) is 24.3 Å². The standard InChI is InChI=1S/C17H28N4/c18-14-3-1-13(2-4-14)11-20-16-5-7-17(8-6-16)21-10-9-15(19)12-21/h5-8,13-15,20H,1-4,9-12,18-19H2/t13-,14-,15?. The summed E-state index contributed by atoms with van der Waals surface area (Å²) >= 11 is 0. The van der Waals surface area contributed by atoms with Gasteiger partial charge in [0.1, 0.15) is 0 Å². The third-order valence-corrected chi connectivity index (χ3v) is 4.94. The largest absolute Gasteiger partial charge is 0.385 e. The molecule has 21 heavy (non-hydrogen) atoms. The average molecular weight is 288 g/mol. The number of nitrogens with zero attached hydrogens (tertiary/aromatic N) is 1. The third kappa shape index (κ3) is 3.89. The van der Waals surface area contributed by atoms with Crippen LogP contribution in [0.5, 0.6) is 0 Å². The number of benzene rings is 1. The molecular formula is C17H28N4. The van der Waals surface area contributed by atoms with Crippen LogP contribution in [-0.2, 0) is 0 Å². The Morgan fingerprint density at radius 1 is 0.952 bits per heavy atom. The Labute approximate surface area is 127 Å². The summed E-state index contributed by atoms with van der Waals surface area (Å²) in [5.41, 5.74) is 14.4. The van der Waals surface area contributed by atoms with Gasteiger partial charge in [-0.05, 0) is 62.3 Å². The van der Waals surface area contributed by atoms with Gasteiger partial charge in [-0.15, -0.1) is 0 Å². The van der Waals surface area contributed by atoms with Gasteiger partial charge in [-0.3, -0.25) is 0 Å². The van der Waals surface area contributed by atoms with E-state index in [9.17, 15) is 0 Å². The normalized spacial score (nSPS) is 29.6. The lowest BCUT2D eigenvalue weighted by molar-refractivity contribution is 0.339. The second-order valence-corrected chi connectivity index (χ2v) is 6.70. The molecule has 1 aromatic rings. The van der Waals surface area contributed by atoms with E-state index in [1.165, 1.54) is 37.1 Å². The molecule has 2 fully saturated rings. The van der Waals surface area contributed by atoms with Crippen molar-refractivity contribution >= 4 is 11.4 Å². The van der Waals surface area contributed by atoms with Gasteiger partial charge in [0, 0.05) is 43.1 Å². The van der Waals surface area contributed by atoms with Crippen LogP contribution in [0.25, 0.3) is 0 Å². The molecule has 3 rings (SSSR count). The molecule has 4 heteroatoms. The zero-order valence-electron chi connectivity index (χ0n) is 12.8. The highest BCUT2D eigenvalue weighted by Gasteiger charge is 2.20. The summed E-state index contributed by atoms with van der Waals surface area (Å²) in [6, 6.07) is 9.56.